The van der Waals surface area contributed by atoms with Crippen LogP contribution >= 0.6 is 11.8 Å². The third-order valence-corrected chi connectivity index (χ3v) is 5.52. The summed E-state index contributed by atoms with van der Waals surface area (Å²) in [4.78, 5) is 12.4. The van der Waals surface area contributed by atoms with Gasteiger partial charge in [0.15, 0.2) is 5.16 Å². The number of amides is 1. The molecule has 1 amide bonds. The fourth-order valence-corrected chi connectivity index (χ4v) is 3.78. The lowest BCUT2D eigenvalue weighted by Crippen LogP contribution is -2.14. The van der Waals surface area contributed by atoms with Gasteiger partial charge < -0.3 is 4.52 Å². The van der Waals surface area contributed by atoms with E-state index in [4.69, 9.17) is 4.52 Å². The Morgan fingerprint density at radius 3 is 2.60 bits per heavy atom. The summed E-state index contributed by atoms with van der Waals surface area (Å²) >= 11 is 1.31. The van der Waals surface area contributed by atoms with Crippen molar-refractivity contribution in [2.24, 2.45) is 0 Å². The Hall–Kier alpha value is -3.39. The number of aryl methyl sites for hydroxylation is 3. The number of carbonyl (C=O) groups is 1. The second-order valence-electron chi connectivity index (χ2n) is 7.05. The van der Waals surface area contributed by atoms with Gasteiger partial charge in [-0.25, -0.2) is 0 Å². The van der Waals surface area contributed by atoms with Crippen LogP contribution in [-0.4, -0.2) is 31.6 Å². The lowest BCUT2D eigenvalue weighted by Gasteiger charge is -2.10. The van der Waals surface area contributed by atoms with Crippen molar-refractivity contribution in [1.29, 1.82) is 0 Å². The van der Waals surface area contributed by atoms with Crippen LogP contribution in [0.25, 0.3) is 16.9 Å². The molecule has 0 aliphatic rings. The Kier molecular flexibility index (Phi) is 5.67. The Labute approximate surface area is 178 Å². The second kappa shape index (κ2) is 8.54. The van der Waals surface area contributed by atoms with E-state index in [-0.39, 0.29) is 11.7 Å². The summed E-state index contributed by atoms with van der Waals surface area (Å²) in [5.41, 5.74) is 6.07. The quantitative estimate of drug-likeness (QED) is 0.461. The lowest BCUT2D eigenvalue weighted by atomic mass is 10.1. The van der Waals surface area contributed by atoms with Gasteiger partial charge in [-0.3, -0.25) is 14.7 Å². The number of nitrogens with zero attached hydrogens (tertiary/aromatic N) is 4. The van der Waals surface area contributed by atoms with Crippen molar-refractivity contribution in [3.05, 3.63) is 71.5 Å². The zero-order valence-electron chi connectivity index (χ0n) is 16.9. The number of nitrogens with one attached hydrogen (secondary N) is 1. The largest absolute Gasteiger partial charge is 0.338 e. The molecule has 2 aromatic carbocycles. The van der Waals surface area contributed by atoms with Gasteiger partial charge in [0, 0.05) is 11.6 Å². The first-order valence-electron chi connectivity index (χ1n) is 9.43. The second-order valence-corrected chi connectivity index (χ2v) is 8.00. The van der Waals surface area contributed by atoms with E-state index < -0.39 is 0 Å². The van der Waals surface area contributed by atoms with Crippen molar-refractivity contribution in [2.75, 3.05) is 11.1 Å². The summed E-state index contributed by atoms with van der Waals surface area (Å²) in [5.74, 6) is 0.276. The van der Waals surface area contributed by atoms with Crippen molar-refractivity contribution < 1.29 is 9.32 Å². The molecular formula is C22H21N5O2S. The molecule has 0 atom stereocenters. The first-order chi connectivity index (χ1) is 14.5. The maximum absolute atomic E-state index is 12.4. The van der Waals surface area contributed by atoms with Crippen molar-refractivity contribution >= 4 is 23.6 Å². The Bertz CT molecular complexity index is 1180. The molecule has 0 aliphatic heterocycles. The van der Waals surface area contributed by atoms with Gasteiger partial charge in [0.05, 0.1) is 11.4 Å². The summed E-state index contributed by atoms with van der Waals surface area (Å²) in [6.45, 7) is 6.12. The van der Waals surface area contributed by atoms with E-state index in [0.717, 1.165) is 16.8 Å². The number of hydrogen-bond acceptors (Lipinski definition) is 6. The fraction of sp³-hybridized carbons (Fsp3) is 0.182. The number of carbonyl (C=O) groups excluding carboxylic acids is 1. The van der Waals surface area contributed by atoms with E-state index >= 15 is 0 Å². The molecule has 4 rings (SSSR count). The predicted octanol–water partition coefficient (Wildman–Crippen LogP) is 4.58. The molecule has 2 aromatic heterocycles. The van der Waals surface area contributed by atoms with Crippen LogP contribution in [0.5, 0.6) is 0 Å². The van der Waals surface area contributed by atoms with E-state index in [0.29, 0.717) is 16.7 Å². The van der Waals surface area contributed by atoms with E-state index in [9.17, 15) is 4.79 Å². The molecule has 0 saturated heterocycles. The maximum Gasteiger partial charge on any atom is 0.237 e. The summed E-state index contributed by atoms with van der Waals surface area (Å²) in [6, 6.07) is 15.8. The highest BCUT2D eigenvalue weighted by atomic mass is 32.2. The molecule has 1 N–H and O–H groups in total. The van der Waals surface area contributed by atoms with E-state index in [1.165, 1.54) is 22.9 Å². The number of rotatable bonds is 6. The smallest absolute Gasteiger partial charge is 0.237 e. The molecular weight excluding hydrogens is 398 g/mol. The molecule has 0 fully saturated rings. The molecule has 4 aromatic rings. The normalized spacial score (nSPS) is 10.9. The van der Waals surface area contributed by atoms with Crippen LogP contribution in [0, 0.1) is 20.8 Å². The van der Waals surface area contributed by atoms with Crippen molar-refractivity contribution in [3.63, 3.8) is 0 Å². The molecule has 0 spiro atoms. The zero-order valence-corrected chi connectivity index (χ0v) is 17.7. The van der Waals surface area contributed by atoms with Crippen LogP contribution in [0.3, 0.4) is 0 Å². The molecule has 7 nitrogen and oxygen atoms in total. The fourth-order valence-electron chi connectivity index (χ4n) is 3.06. The SMILES string of the molecule is Cc1ccc(-c2cc(NC(=O)CSc3nncn3-c3ccc(C)cc3C)on2)cc1. The van der Waals surface area contributed by atoms with Crippen LogP contribution in [0.15, 0.2) is 64.5 Å². The van der Waals surface area contributed by atoms with E-state index in [1.807, 2.05) is 54.8 Å². The van der Waals surface area contributed by atoms with Gasteiger partial charge in [-0.15, -0.1) is 10.2 Å². The molecule has 0 radical (unpaired) electrons. The van der Waals surface area contributed by atoms with Crippen LogP contribution in [-0.2, 0) is 4.79 Å². The number of thioether (sulfide) groups is 1. The molecule has 0 aliphatic carbocycles. The molecule has 152 valence electrons. The average molecular weight is 420 g/mol. The van der Waals surface area contributed by atoms with Crippen LogP contribution in [0.4, 0.5) is 5.88 Å². The van der Waals surface area contributed by atoms with E-state index in [2.05, 4.69) is 33.7 Å². The molecule has 0 bridgehead atoms. The van der Waals surface area contributed by atoms with Gasteiger partial charge in [0.1, 0.15) is 12.0 Å². The Morgan fingerprint density at radius 1 is 1.07 bits per heavy atom. The third-order valence-electron chi connectivity index (χ3n) is 4.58. The monoisotopic (exact) mass is 419 g/mol. The Balaban J connectivity index is 1.39. The van der Waals surface area contributed by atoms with Gasteiger partial charge in [0.25, 0.3) is 0 Å². The highest BCUT2D eigenvalue weighted by molar-refractivity contribution is 7.99. The minimum absolute atomic E-state index is 0.171. The summed E-state index contributed by atoms with van der Waals surface area (Å²) < 4.78 is 7.14. The number of anilines is 1. The molecule has 2 heterocycles. The third kappa shape index (κ3) is 4.44. The summed E-state index contributed by atoms with van der Waals surface area (Å²) in [5, 5.41) is 15.6. The van der Waals surface area contributed by atoms with Crippen molar-refractivity contribution in [2.45, 2.75) is 25.9 Å². The summed E-state index contributed by atoms with van der Waals surface area (Å²) in [7, 11) is 0. The van der Waals surface area contributed by atoms with Gasteiger partial charge >= 0.3 is 0 Å². The molecule has 30 heavy (non-hydrogen) atoms. The highest BCUT2D eigenvalue weighted by Crippen LogP contribution is 2.24. The summed E-state index contributed by atoms with van der Waals surface area (Å²) in [6.07, 6.45) is 1.65. The standard InChI is InChI=1S/C22H21N5O2S/c1-14-4-7-17(8-5-14)18-11-21(29-26-18)24-20(28)12-30-22-25-23-13-27(22)19-9-6-15(2)10-16(19)3/h4-11,13H,12H2,1-3H3,(H,24,28). The number of aromatic nitrogens is 4. The van der Waals surface area contributed by atoms with Gasteiger partial charge in [0.2, 0.25) is 11.8 Å². The predicted molar refractivity (Wildman–Crippen MR) is 117 cm³/mol. The van der Waals surface area contributed by atoms with Crippen molar-refractivity contribution in [1.82, 2.24) is 19.9 Å². The van der Waals surface area contributed by atoms with Gasteiger partial charge in [-0.1, -0.05) is 64.4 Å². The minimum Gasteiger partial charge on any atom is -0.338 e. The first-order valence-corrected chi connectivity index (χ1v) is 10.4. The topological polar surface area (TPSA) is 85.8 Å². The van der Waals surface area contributed by atoms with Crippen molar-refractivity contribution in [3.8, 4) is 16.9 Å². The van der Waals surface area contributed by atoms with Gasteiger partial charge in [-0.05, 0) is 32.4 Å². The van der Waals surface area contributed by atoms with Gasteiger partial charge in [-0.2, -0.15) is 0 Å². The highest BCUT2D eigenvalue weighted by Gasteiger charge is 2.14. The van der Waals surface area contributed by atoms with Crippen LogP contribution in [0.1, 0.15) is 16.7 Å². The lowest BCUT2D eigenvalue weighted by molar-refractivity contribution is -0.113. The molecule has 0 saturated carbocycles. The zero-order chi connectivity index (χ0) is 21.1. The average Bonchev–Trinajstić information content (AvgIpc) is 3.37. The molecule has 8 heteroatoms. The van der Waals surface area contributed by atoms with Crippen LogP contribution < -0.4 is 5.32 Å². The minimum atomic E-state index is -0.207. The van der Waals surface area contributed by atoms with Crippen LogP contribution in [0.2, 0.25) is 0 Å². The first kappa shape index (κ1) is 19.9. The Morgan fingerprint density at radius 2 is 1.83 bits per heavy atom. The number of benzene rings is 2. The number of hydrogen-bond donors (Lipinski definition) is 1. The van der Waals surface area contributed by atoms with E-state index in [1.54, 1.807) is 12.4 Å². The molecule has 0 unspecified atom stereocenters. The maximum atomic E-state index is 12.4.